The zero-order chi connectivity index (χ0) is 18.4. The topological polar surface area (TPSA) is 93.8 Å². The number of nitro benzene ring substituents is 1. The smallest absolute Gasteiger partial charge is 0.277 e. The third kappa shape index (κ3) is 5.40. The van der Waals surface area contributed by atoms with Crippen molar-refractivity contribution in [3.63, 3.8) is 0 Å². The molecule has 0 bridgehead atoms. The van der Waals surface area contributed by atoms with E-state index >= 15 is 0 Å². The van der Waals surface area contributed by atoms with Crippen molar-refractivity contribution in [2.75, 3.05) is 6.61 Å². The molecule has 0 fully saturated rings. The number of amides is 1. The SMILES string of the molecule is O=C(COc1ccc(Cl)cc1Cl)N/N=C\c1cc([N+](=O)[O-])ccc1F. The van der Waals surface area contributed by atoms with Crippen LogP contribution in [0.3, 0.4) is 0 Å². The lowest BCUT2D eigenvalue weighted by molar-refractivity contribution is -0.384. The molecule has 0 aromatic heterocycles. The number of halogens is 3. The van der Waals surface area contributed by atoms with Crippen LogP contribution in [0.4, 0.5) is 10.1 Å². The van der Waals surface area contributed by atoms with Crippen LogP contribution in [-0.4, -0.2) is 23.7 Å². The van der Waals surface area contributed by atoms with E-state index in [0.717, 1.165) is 24.4 Å². The van der Waals surface area contributed by atoms with Crippen molar-refractivity contribution in [1.82, 2.24) is 5.43 Å². The summed E-state index contributed by atoms with van der Waals surface area (Å²) in [6.07, 6.45) is 0.954. The van der Waals surface area contributed by atoms with Crippen molar-refractivity contribution in [3.05, 3.63) is 67.9 Å². The Morgan fingerprint density at radius 2 is 2.08 bits per heavy atom. The molecule has 7 nitrogen and oxygen atoms in total. The third-order valence-electron chi connectivity index (χ3n) is 2.84. The molecular weight excluding hydrogens is 376 g/mol. The molecule has 0 aliphatic rings. The van der Waals surface area contributed by atoms with Gasteiger partial charge in [0.2, 0.25) is 0 Å². The number of carbonyl (C=O) groups excluding carboxylic acids is 1. The summed E-state index contributed by atoms with van der Waals surface area (Å²) in [6.45, 7) is -0.393. The van der Waals surface area contributed by atoms with Gasteiger partial charge in [-0.1, -0.05) is 23.2 Å². The summed E-state index contributed by atoms with van der Waals surface area (Å²) in [6, 6.07) is 7.46. The van der Waals surface area contributed by atoms with Gasteiger partial charge in [0.25, 0.3) is 11.6 Å². The van der Waals surface area contributed by atoms with Crippen molar-refractivity contribution < 1.29 is 18.8 Å². The molecule has 0 saturated heterocycles. The normalized spacial score (nSPS) is 10.7. The van der Waals surface area contributed by atoms with Gasteiger partial charge in [0.1, 0.15) is 11.6 Å². The van der Waals surface area contributed by atoms with E-state index in [1.165, 1.54) is 12.1 Å². The lowest BCUT2D eigenvalue weighted by Gasteiger charge is -2.07. The maximum atomic E-state index is 13.5. The van der Waals surface area contributed by atoms with Crippen molar-refractivity contribution >= 4 is 41.0 Å². The van der Waals surface area contributed by atoms with Gasteiger partial charge >= 0.3 is 0 Å². The number of nitrogens with zero attached hydrogens (tertiary/aromatic N) is 2. The van der Waals surface area contributed by atoms with Crippen molar-refractivity contribution in [2.24, 2.45) is 5.10 Å². The van der Waals surface area contributed by atoms with Gasteiger partial charge in [-0.2, -0.15) is 5.10 Å². The monoisotopic (exact) mass is 385 g/mol. The summed E-state index contributed by atoms with van der Waals surface area (Å²) in [7, 11) is 0. The first-order valence-corrected chi connectivity index (χ1v) is 7.46. The van der Waals surface area contributed by atoms with Crippen molar-refractivity contribution in [1.29, 1.82) is 0 Å². The van der Waals surface area contributed by atoms with E-state index in [0.29, 0.717) is 5.02 Å². The van der Waals surface area contributed by atoms with Crippen LogP contribution in [0.25, 0.3) is 0 Å². The Hall–Kier alpha value is -2.71. The molecule has 0 unspecified atom stereocenters. The molecule has 2 aromatic rings. The number of nitrogens with one attached hydrogen (secondary N) is 1. The fraction of sp³-hybridized carbons (Fsp3) is 0.0667. The molecule has 1 amide bonds. The Bertz CT molecular complexity index is 846. The van der Waals surface area contributed by atoms with Crippen LogP contribution < -0.4 is 10.2 Å². The Labute approximate surface area is 151 Å². The predicted molar refractivity (Wildman–Crippen MR) is 90.7 cm³/mol. The van der Waals surface area contributed by atoms with E-state index in [2.05, 4.69) is 10.5 Å². The summed E-state index contributed by atoms with van der Waals surface area (Å²) in [5.74, 6) is -1.09. The van der Waals surface area contributed by atoms with Crippen molar-refractivity contribution in [3.8, 4) is 5.75 Å². The summed E-state index contributed by atoms with van der Waals surface area (Å²) in [4.78, 5) is 21.6. The van der Waals surface area contributed by atoms with Gasteiger partial charge < -0.3 is 4.74 Å². The van der Waals surface area contributed by atoms with Gasteiger partial charge in [0.15, 0.2) is 6.61 Å². The van der Waals surface area contributed by atoms with Gasteiger partial charge in [0.05, 0.1) is 16.2 Å². The lowest BCUT2D eigenvalue weighted by Crippen LogP contribution is -2.24. The lowest BCUT2D eigenvalue weighted by atomic mass is 10.2. The number of carbonyl (C=O) groups is 1. The fourth-order valence-electron chi connectivity index (χ4n) is 1.69. The number of benzene rings is 2. The van der Waals surface area contributed by atoms with Crippen LogP contribution in [0, 0.1) is 15.9 Å². The second-order valence-corrected chi connectivity index (χ2v) is 5.46. The molecule has 130 valence electrons. The van der Waals surface area contributed by atoms with E-state index in [-0.39, 0.29) is 22.0 Å². The molecule has 0 heterocycles. The Balaban J connectivity index is 1.92. The molecule has 1 N–H and O–H groups in total. The van der Waals surface area contributed by atoms with E-state index < -0.39 is 23.3 Å². The fourth-order valence-corrected chi connectivity index (χ4v) is 2.15. The molecule has 0 aliphatic carbocycles. The van der Waals surface area contributed by atoms with Gasteiger partial charge in [-0.15, -0.1) is 0 Å². The number of hydrazone groups is 1. The molecule has 0 atom stereocenters. The Morgan fingerprint density at radius 1 is 1.32 bits per heavy atom. The highest BCUT2D eigenvalue weighted by Crippen LogP contribution is 2.27. The van der Waals surface area contributed by atoms with E-state index in [9.17, 15) is 19.3 Å². The predicted octanol–water partition coefficient (Wildman–Crippen LogP) is 3.57. The maximum Gasteiger partial charge on any atom is 0.277 e. The average Bonchev–Trinajstić information content (AvgIpc) is 2.55. The number of hydrogen-bond donors (Lipinski definition) is 1. The zero-order valence-electron chi connectivity index (χ0n) is 12.4. The largest absolute Gasteiger partial charge is 0.482 e. The van der Waals surface area contributed by atoms with Gasteiger partial charge in [-0.3, -0.25) is 14.9 Å². The first kappa shape index (κ1) is 18.6. The van der Waals surface area contributed by atoms with E-state index in [1.54, 1.807) is 6.07 Å². The number of hydrogen-bond acceptors (Lipinski definition) is 5. The Morgan fingerprint density at radius 3 is 2.76 bits per heavy atom. The molecule has 2 rings (SSSR count). The molecule has 0 spiro atoms. The van der Waals surface area contributed by atoms with Gasteiger partial charge in [-0.05, 0) is 24.3 Å². The highest BCUT2D eigenvalue weighted by atomic mass is 35.5. The van der Waals surface area contributed by atoms with Gasteiger partial charge in [-0.25, -0.2) is 9.82 Å². The first-order valence-electron chi connectivity index (χ1n) is 6.70. The molecule has 10 heteroatoms. The molecule has 2 aromatic carbocycles. The zero-order valence-corrected chi connectivity index (χ0v) is 13.9. The molecule has 0 aliphatic heterocycles. The van der Waals surface area contributed by atoms with Gasteiger partial charge in [0, 0.05) is 22.7 Å². The molecule has 0 saturated carbocycles. The number of non-ortho nitro benzene ring substituents is 1. The summed E-state index contributed by atoms with van der Waals surface area (Å²) in [5.41, 5.74) is 1.67. The van der Waals surface area contributed by atoms with Crippen LogP contribution in [0.2, 0.25) is 10.0 Å². The van der Waals surface area contributed by atoms with E-state index in [4.69, 9.17) is 27.9 Å². The molecule has 25 heavy (non-hydrogen) atoms. The van der Waals surface area contributed by atoms with Crippen molar-refractivity contribution in [2.45, 2.75) is 0 Å². The highest BCUT2D eigenvalue weighted by molar-refractivity contribution is 6.35. The summed E-state index contributed by atoms with van der Waals surface area (Å²) in [5, 5.41) is 14.8. The van der Waals surface area contributed by atoms with Crippen LogP contribution >= 0.6 is 23.2 Å². The quantitative estimate of drug-likeness (QED) is 0.467. The number of ether oxygens (including phenoxy) is 1. The molecule has 0 radical (unpaired) electrons. The second-order valence-electron chi connectivity index (χ2n) is 4.62. The highest BCUT2D eigenvalue weighted by Gasteiger charge is 2.10. The van der Waals surface area contributed by atoms with Crippen LogP contribution in [0.1, 0.15) is 5.56 Å². The Kier molecular flexibility index (Phi) is 6.26. The minimum atomic E-state index is -0.715. The third-order valence-corrected chi connectivity index (χ3v) is 3.37. The number of rotatable bonds is 6. The number of nitro groups is 1. The molecular formula is C15H10Cl2FN3O4. The second kappa shape index (κ2) is 8.41. The van der Waals surface area contributed by atoms with Crippen LogP contribution in [0.5, 0.6) is 5.75 Å². The minimum Gasteiger partial charge on any atom is -0.482 e. The summed E-state index contributed by atoms with van der Waals surface area (Å²) >= 11 is 11.6. The maximum absolute atomic E-state index is 13.5. The first-order chi connectivity index (χ1) is 11.9. The van der Waals surface area contributed by atoms with Crippen LogP contribution in [-0.2, 0) is 4.79 Å². The van der Waals surface area contributed by atoms with E-state index in [1.807, 2.05) is 0 Å². The average molecular weight is 386 g/mol. The minimum absolute atomic E-state index is 0.142. The van der Waals surface area contributed by atoms with Crippen LogP contribution in [0.15, 0.2) is 41.5 Å². The summed E-state index contributed by atoms with van der Waals surface area (Å²) < 4.78 is 18.7. The standard InChI is InChI=1S/C15H10Cl2FN3O4/c16-10-1-4-14(12(17)6-10)25-8-15(22)20-19-7-9-5-11(21(23)24)2-3-13(9)18/h1-7H,8H2,(H,20,22)/b19-7-.